The summed E-state index contributed by atoms with van der Waals surface area (Å²) in [6.45, 7) is 2.26. The number of benzene rings is 4. The average molecular weight is 538 g/mol. The van der Waals surface area contributed by atoms with Crippen molar-refractivity contribution >= 4 is 44.6 Å². The van der Waals surface area contributed by atoms with Crippen molar-refractivity contribution in [1.82, 2.24) is 0 Å². The molecule has 4 aromatic carbocycles. The summed E-state index contributed by atoms with van der Waals surface area (Å²) in [4.78, 5) is 0. The number of hydrogen-bond donors (Lipinski definition) is 0. The van der Waals surface area contributed by atoms with E-state index >= 15 is 0 Å². The summed E-state index contributed by atoms with van der Waals surface area (Å²) in [6, 6.07) is 26.5. The molecule has 0 aromatic heterocycles. The first-order valence-corrected chi connectivity index (χ1v) is 19.4. The molecule has 1 aliphatic rings. The van der Waals surface area contributed by atoms with Crippen molar-refractivity contribution in [3.63, 3.8) is 0 Å². The zero-order valence-electron chi connectivity index (χ0n) is 18.4. The van der Waals surface area contributed by atoms with Gasteiger partial charge in [-0.05, 0) is 0 Å². The second kappa shape index (κ2) is 9.84. The third-order valence-corrected chi connectivity index (χ3v) is 12.1. The van der Waals surface area contributed by atoms with Crippen LogP contribution in [0.4, 0.5) is 0 Å². The Labute approximate surface area is 206 Å². The maximum absolute atomic E-state index is 6.74. The third kappa shape index (κ3) is 4.13. The van der Waals surface area contributed by atoms with E-state index in [0.717, 1.165) is 6.42 Å². The molecule has 5 rings (SSSR count). The number of halogens is 2. The molecule has 161 valence electrons. The third-order valence-electron chi connectivity index (χ3n) is 6.75. The van der Waals surface area contributed by atoms with Crippen molar-refractivity contribution < 1.29 is 19.4 Å². The fourth-order valence-corrected chi connectivity index (χ4v) is 10.7. The molecule has 0 N–H and O–H groups in total. The topological polar surface area (TPSA) is 0 Å². The molecule has 0 radical (unpaired) electrons. The van der Waals surface area contributed by atoms with Gasteiger partial charge in [0.1, 0.15) is 0 Å². The Balaban J connectivity index is 1.67. The van der Waals surface area contributed by atoms with Gasteiger partial charge in [-0.2, -0.15) is 0 Å². The zero-order valence-corrected chi connectivity index (χ0v) is 22.3. The van der Waals surface area contributed by atoms with E-state index in [1.165, 1.54) is 75.1 Å². The van der Waals surface area contributed by atoms with E-state index in [4.69, 9.17) is 17.0 Å². The first kappa shape index (κ1) is 22.4. The van der Waals surface area contributed by atoms with E-state index in [9.17, 15) is 0 Å². The standard InChI is InChI=1S/C29H27.2ClH.Zr/c1-2-3-4-5-11-21-18-22-13-10-17-27(28(22)19-21)29-20-23-12-6-7-14-24(23)25-15-8-9-16-26(25)29;;;/h6-10,12-20H,2-5,11H2,1H3;2*1H;/q;;;+2/p-2. The molecule has 0 fully saturated rings. The first-order chi connectivity index (χ1) is 15.7. The van der Waals surface area contributed by atoms with Gasteiger partial charge in [0.05, 0.1) is 0 Å². The maximum atomic E-state index is 6.74. The SMILES string of the molecule is CCCCCCC1=Cc2c(-c3cc4ccccc4c4ccccc34)cccc2[CH]1[Zr]([Cl])[Cl]. The van der Waals surface area contributed by atoms with Gasteiger partial charge >= 0.3 is 207 Å². The van der Waals surface area contributed by atoms with Gasteiger partial charge in [0.2, 0.25) is 0 Å². The average Bonchev–Trinajstić information content (AvgIpc) is 3.20. The Morgan fingerprint density at radius 3 is 2.28 bits per heavy atom. The molecule has 1 unspecified atom stereocenters. The minimum absolute atomic E-state index is 0.282. The Morgan fingerprint density at radius 1 is 0.750 bits per heavy atom. The minimum atomic E-state index is -2.52. The fourth-order valence-electron chi connectivity index (χ4n) is 5.21. The van der Waals surface area contributed by atoms with Gasteiger partial charge in [-0.1, -0.05) is 0 Å². The van der Waals surface area contributed by atoms with Crippen LogP contribution in [0.15, 0.2) is 78.4 Å². The van der Waals surface area contributed by atoms with Crippen molar-refractivity contribution in [2.45, 2.75) is 42.7 Å². The van der Waals surface area contributed by atoms with E-state index in [-0.39, 0.29) is 3.63 Å². The molecule has 0 saturated heterocycles. The summed E-state index contributed by atoms with van der Waals surface area (Å²) < 4.78 is 0.282. The van der Waals surface area contributed by atoms with Crippen LogP contribution in [0, 0.1) is 0 Å². The molecule has 0 saturated carbocycles. The monoisotopic (exact) mass is 535 g/mol. The number of unbranched alkanes of at least 4 members (excludes halogenated alkanes) is 3. The number of rotatable bonds is 7. The van der Waals surface area contributed by atoms with Crippen molar-refractivity contribution in [3.05, 3.63) is 89.5 Å². The Hall–Kier alpha value is -1.40. The molecule has 0 bridgehead atoms. The zero-order chi connectivity index (χ0) is 22.1. The summed E-state index contributed by atoms with van der Waals surface area (Å²) in [5.74, 6) is 0. The van der Waals surface area contributed by atoms with Gasteiger partial charge in [0, 0.05) is 0 Å². The van der Waals surface area contributed by atoms with E-state index in [1.54, 1.807) is 0 Å². The quantitative estimate of drug-likeness (QED) is 0.163. The fraction of sp³-hybridized carbons (Fsp3) is 0.241. The van der Waals surface area contributed by atoms with E-state index in [0.29, 0.717) is 0 Å². The van der Waals surface area contributed by atoms with E-state index in [1.807, 2.05) is 0 Å². The second-order valence-electron chi connectivity index (χ2n) is 8.75. The number of fused-ring (bicyclic) bond motifs is 4. The van der Waals surface area contributed by atoms with Gasteiger partial charge in [0.15, 0.2) is 0 Å². The van der Waals surface area contributed by atoms with Gasteiger partial charge in [-0.15, -0.1) is 0 Å². The first-order valence-electron chi connectivity index (χ1n) is 11.6. The Morgan fingerprint density at radius 2 is 1.50 bits per heavy atom. The summed E-state index contributed by atoms with van der Waals surface area (Å²) >= 11 is -2.52. The van der Waals surface area contributed by atoms with Crippen LogP contribution in [0.5, 0.6) is 0 Å². The second-order valence-corrected chi connectivity index (χ2v) is 17.6. The summed E-state index contributed by atoms with van der Waals surface area (Å²) in [5.41, 5.74) is 6.75. The van der Waals surface area contributed by atoms with Gasteiger partial charge < -0.3 is 0 Å². The predicted molar refractivity (Wildman–Crippen MR) is 138 cm³/mol. The molecule has 0 aliphatic heterocycles. The van der Waals surface area contributed by atoms with Crippen LogP contribution in [0.2, 0.25) is 0 Å². The van der Waals surface area contributed by atoms with Crippen molar-refractivity contribution in [2.75, 3.05) is 0 Å². The normalized spacial score (nSPS) is 15.2. The summed E-state index contributed by atoms with van der Waals surface area (Å²) in [6.07, 6.45) is 8.60. The Kier molecular flexibility index (Phi) is 6.89. The molecule has 3 heteroatoms. The Bertz CT molecular complexity index is 1310. The van der Waals surface area contributed by atoms with Crippen molar-refractivity contribution in [2.24, 2.45) is 0 Å². The number of hydrogen-bond acceptors (Lipinski definition) is 0. The van der Waals surface area contributed by atoms with Crippen LogP contribution in [0.1, 0.15) is 53.8 Å². The predicted octanol–water partition coefficient (Wildman–Crippen LogP) is 9.99. The molecule has 0 nitrogen and oxygen atoms in total. The number of allylic oxidation sites excluding steroid dienone is 1. The van der Waals surface area contributed by atoms with Gasteiger partial charge in [-0.25, -0.2) is 0 Å². The summed E-state index contributed by atoms with van der Waals surface area (Å²) in [5, 5.41) is 5.20. The molecule has 0 amide bonds. The molecule has 4 aromatic rings. The van der Waals surface area contributed by atoms with Crippen LogP contribution in [0.25, 0.3) is 38.7 Å². The molecule has 1 aliphatic carbocycles. The van der Waals surface area contributed by atoms with Crippen molar-refractivity contribution in [3.8, 4) is 11.1 Å². The molecular formula is C29H27Cl2Zr. The summed E-state index contributed by atoms with van der Waals surface area (Å²) in [7, 11) is 13.5. The van der Waals surface area contributed by atoms with E-state index in [2.05, 4.69) is 85.8 Å². The van der Waals surface area contributed by atoms with Gasteiger partial charge in [-0.3, -0.25) is 0 Å². The van der Waals surface area contributed by atoms with Crippen LogP contribution >= 0.6 is 17.0 Å². The van der Waals surface area contributed by atoms with Crippen LogP contribution < -0.4 is 0 Å². The van der Waals surface area contributed by atoms with Crippen molar-refractivity contribution in [1.29, 1.82) is 0 Å². The van der Waals surface area contributed by atoms with E-state index < -0.39 is 19.4 Å². The van der Waals surface area contributed by atoms with Crippen LogP contribution in [0.3, 0.4) is 0 Å². The molecule has 1 atom stereocenters. The van der Waals surface area contributed by atoms with Crippen LogP contribution in [-0.2, 0) is 19.4 Å². The van der Waals surface area contributed by atoms with Gasteiger partial charge in [0.25, 0.3) is 0 Å². The molecule has 0 heterocycles. The molecule has 0 spiro atoms. The molecule has 32 heavy (non-hydrogen) atoms. The van der Waals surface area contributed by atoms with Crippen LogP contribution in [-0.4, -0.2) is 0 Å². The molecular weight excluding hydrogens is 510 g/mol.